The van der Waals surface area contributed by atoms with Gasteiger partial charge in [0.05, 0.1) is 5.69 Å². The summed E-state index contributed by atoms with van der Waals surface area (Å²) < 4.78 is 13.3. The van der Waals surface area contributed by atoms with Crippen molar-refractivity contribution in [2.24, 2.45) is 5.73 Å². The number of hydrogen-bond acceptors (Lipinski definition) is 4. The van der Waals surface area contributed by atoms with E-state index in [0.29, 0.717) is 19.0 Å². The minimum absolute atomic E-state index is 0.271. The number of hydrogen-bond donors (Lipinski definition) is 1. The number of benzene rings is 1. The maximum absolute atomic E-state index is 13.3. The maximum Gasteiger partial charge on any atom is 0.225 e. The van der Waals surface area contributed by atoms with Crippen molar-refractivity contribution >= 4 is 5.95 Å². The summed E-state index contributed by atoms with van der Waals surface area (Å²) in [7, 11) is 1.88. The fraction of sp³-hybridized carbons (Fsp3) is 0.286. The predicted octanol–water partition coefficient (Wildman–Crippen LogP) is 1.99. The third kappa shape index (κ3) is 3.06. The van der Waals surface area contributed by atoms with Gasteiger partial charge in [0.15, 0.2) is 0 Å². The van der Waals surface area contributed by atoms with Gasteiger partial charge < -0.3 is 10.6 Å². The molecular formula is C14H17FN4. The molecule has 0 unspecified atom stereocenters. The SMILES string of the molecule is Cc1cnc(N(C)CCN)nc1-c1cccc(F)c1. The Balaban J connectivity index is 2.42. The highest BCUT2D eigenvalue weighted by Crippen LogP contribution is 2.23. The van der Waals surface area contributed by atoms with Crippen LogP contribution in [0.2, 0.25) is 0 Å². The first-order valence-corrected chi connectivity index (χ1v) is 6.12. The lowest BCUT2D eigenvalue weighted by Gasteiger charge is -2.17. The van der Waals surface area contributed by atoms with Crippen molar-refractivity contribution in [1.29, 1.82) is 0 Å². The fourth-order valence-corrected chi connectivity index (χ4v) is 1.84. The number of nitrogens with two attached hydrogens (primary N) is 1. The molecule has 0 aliphatic carbocycles. The van der Waals surface area contributed by atoms with E-state index in [0.717, 1.165) is 16.8 Å². The monoisotopic (exact) mass is 260 g/mol. The van der Waals surface area contributed by atoms with Crippen molar-refractivity contribution < 1.29 is 4.39 Å². The van der Waals surface area contributed by atoms with Crippen LogP contribution >= 0.6 is 0 Å². The smallest absolute Gasteiger partial charge is 0.225 e. The van der Waals surface area contributed by atoms with Crippen LogP contribution in [0.3, 0.4) is 0 Å². The lowest BCUT2D eigenvalue weighted by molar-refractivity contribution is 0.628. The van der Waals surface area contributed by atoms with E-state index in [-0.39, 0.29) is 5.82 Å². The van der Waals surface area contributed by atoms with Gasteiger partial charge in [-0.25, -0.2) is 14.4 Å². The van der Waals surface area contributed by atoms with Crippen LogP contribution in [0.4, 0.5) is 10.3 Å². The van der Waals surface area contributed by atoms with Gasteiger partial charge in [0, 0.05) is 31.9 Å². The third-order valence-electron chi connectivity index (χ3n) is 2.86. The molecule has 100 valence electrons. The molecule has 2 aromatic rings. The number of likely N-dealkylation sites (N-methyl/N-ethyl adjacent to an activating group) is 1. The van der Waals surface area contributed by atoms with E-state index < -0.39 is 0 Å². The molecule has 0 spiro atoms. The molecule has 2 rings (SSSR count). The Morgan fingerprint density at radius 2 is 2.16 bits per heavy atom. The van der Waals surface area contributed by atoms with Crippen LogP contribution in [-0.4, -0.2) is 30.1 Å². The molecule has 0 saturated heterocycles. The molecule has 1 aromatic carbocycles. The van der Waals surface area contributed by atoms with Crippen LogP contribution in [-0.2, 0) is 0 Å². The highest BCUT2D eigenvalue weighted by molar-refractivity contribution is 5.63. The minimum atomic E-state index is -0.271. The van der Waals surface area contributed by atoms with Gasteiger partial charge in [0.25, 0.3) is 0 Å². The van der Waals surface area contributed by atoms with Gasteiger partial charge in [0.1, 0.15) is 5.82 Å². The van der Waals surface area contributed by atoms with E-state index >= 15 is 0 Å². The second-order valence-electron chi connectivity index (χ2n) is 4.42. The summed E-state index contributed by atoms with van der Waals surface area (Å²) in [6.07, 6.45) is 1.75. The first-order valence-electron chi connectivity index (χ1n) is 6.12. The molecule has 2 N–H and O–H groups in total. The zero-order valence-electron chi connectivity index (χ0n) is 11.1. The lowest BCUT2D eigenvalue weighted by atomic mass is 10.1. The summed E-state index contributed by atoms with van der Waals surface area (Å²) in [5.74, 6) is 0.322. The molecule has 0 aliphatic rings. The number of nitrogens with zero attached hydrogens (tertiary/aromatic N) is 3. The molecule has 0 saturated carbocycles. The Kier molecular flexibility index (Phi) is 4.06. The zero-order valence-corrected chi connectivity index (χ0v) is 11.1. The van der Waals surface area contributed by atoms with Gasteiger partial charge >= 0.3 is 0 Å². The van der Waals surface area contributed by atoms with Crippen LogP contribution < -0.4 is 10.6 Å². The summed E-state index contributed by atoms with van der Waals surface area (Å²) >= 11 is 0. The van der Waals surface area contributed by atoms with Crippen LogP contribution in [0, 0.1) is 12.7 Å². The fourth-order valence-electron chi connectivity index (χ4n) is 1.84. The number of aromatic nitrogens is 2. The lowest BCUT2D eigenvalue weighted by Crippen LogP contribution is -2.26. The molecule has 4 nitrogen and oxygen atoms in total. The van der Waals surface area contributed by atoms with Crippen molar-refractivity contribution in [2.45, 2.75) is 6.92 Å². The average molecular weight is 260 g/mol. The molecule has 0 atom stereocenters. The molecule has 0 fully saturated rings. The Morgan fingerprint density at radius 3 is 2.84 bits per heavy atom. The highest BCUT2D eigenvalue weighted by Gasteiger charge is 2.09. The highest BCUT2D eigenvalue weighted by atomic mass is 19.1. The zero-order chi connectivity index (χ0) is 13.8. The molecule has 0 bridgehead atoms. The minimum Gasteiger partial charge on any atom is -0.343 e. The van der Waals surface area contributed by atoms with Gasteiger partial charge in [-0.05, 0) is 24.6 Å². The standard InChI is InChI=1S/C14H17FN4/c1-10-9-17-14(19(2)7-6-16)18-13(10)11-4-3-5-12(15)8-11/h3-5,8-9H,6-7,16H2,1-2H3. The molecule has 1 heterocycles. The first-order chi connectivity index (χ1) is 9.11. The van der Waals surface area contributed by atoms with Gasteiger partial charge in [-0.15, -0.1) is 0 Å². The average Bonchev–Trinajstić information content (AvgIpc) is 2.39. The van der Waals surface area contributed by atoms with E-state index in [1.807, 2.05) is 24.9 Å². The van der Waals surface area contributed by atoms with E-state index in [1.54, 1.807) is 12.3 Å². The number of aryl methyl sites for hydroxylation is 1. The summed E-state index contributed by atoms with van der Waals surface area (Å²) in [5, 5.41) is 0. The molecule has 5 heteroatoms. The van der Waals surface area contributed by atoms with Crippen LogP contribution in [0.5, 0.6) is 0 Å². The van der Waals surface area contributed by atoms with Crippen LogP contribution in [0.15, 0.2) is 30.5 Å². The largest absolute Gasteiger partial charge is 0.343 e. The third-order valence-corrected chi connectivity index (χ3v) is 2.86. The van der Waals surface area contributed by atoms with Gasteiger partial charge in [-0.1, -0.05) is 12.1 Å². The maximum atomic E-state index is 13.3. The summed E-state index contributed by atoms with van der Waals surface area (Å²) in [5.41, 5.74) is 7.93. The van der Waals surface area contributed by atoms with Crippen LogP contribution in [0.25, 0.3) is 11.3 Å². The van der Waals surface area contributed by atoms with Gasteiger partial charge in [-0.3, -0.25) is 0 Å². The van der Waals surface area contributed by atoms with Crippen molar-refractivity contribution in [3.8, 4) is 11.3 Å². The molecule has 0 amide bonds. The molecule has 0 radical (unpaired) electrons. The van der Waals surface area contributed by atoms with Crippen molar-refractivity contribution in [2.75, 3.05) is 25.0 Å². The first kappa shape index (κ1) is 13.4. The van der Waals surface area contributed by atoms with E-state index in [1.165, 1.54) is 12.1 Å². The number of anilines is 1. The van der Waals surface area contributed by atoms with Crippen LogP contribution in [0.1, 0.15) is 5.56 Å². The molecule has 0 aliphatic heterocycles. The van der Waals surface area contributed by atoms with E-state index in [9.17, 15) is 4.39 Å². The number of rotatable bonds is 4. The van der Waals surface area contributed by atoms with Gasteiger partial charge in [-0.2, -0.15) is 0 Å². The van der Waals surface area contributed by atoms with Gasteiger partial charge in [0.2, 0.25) is 5.95 Å². The Bertz CT molecular complexity index is 571. The van der Waals surface area contributed by atoms with E-state index in [2.05, 4.69) is 9.97 Å². The Labute approximate surface area is 112 Å². The quantitative estimate of drug-likeness (QED) is 0.913. The number of halogens is 1. The summed E-state index contributed by atoms with van der Waals surface area (Å²) in [6, 6.07) is 6.41. The second-order valence-corrected chi connectivity index (χ2v) is 4.42. The Hall–Kier alpha value is -2.01. The topological polar surface area (TPSA) is 55.0 Å². The van der Waals surface area contributed by atoms with Crippen molar-refractivity contribution in [1.82, 2.24) is 9.97 Å². The van der Waals surface area contributed by atoms with E-state index in [4.69, 9.17) is 5.73 Å². The molecule has 1 aromatic heterocycles. The molecule has 19 heavy (non-hydrogen) atoms. The molecular weight excluding hydrogens is 243 g/mol. The predicted molar refractivity (Wildman–Crippen MR) is 74.5 cm³/mol. The Morgan fingerprint density at radius 1 is 1.37 bits per heavy atom. The normalized spacial score (nSPS) is 10.5. The second kappa shape index (κ2) is 5.75. The summed E-state index contributed by atoms with van der Waals surface area (Å²) in [6.45, 7) is 3.11. The summed E-state index contributed by atoms with van der Waals surface area (Å²) in [4.78, 5) is 10.6. The van der Waals surface area contributed by atoms with Crippen molar-refractivity contribution in [3.05, 3.63) is 41.8 Å². The van der Waals surface area contributed by atoms with Crippen molar-refractivity contribution in [3.63, 3.8) is 0 Å².